The summed E-state index contributed by atoms with van der Waals surface area (Å²) in [4.78, 5) is 1.39. The number of aromatic nitrogens is 2. The van der Waals surface area contributed by atoms with E-state index in [1.807, 2.05) is 11.8 Å². The third-order valence-electron chi connectivity index (χ3n) is 3.28. The molecular formula is C14H16N2OS. The van der Waals surface area contributed by atoms with Gasteiger partial charge in [-0.05, 0) is 54.7 Å². The molecule has 4 heteroatoms. The Bertz CT molecular complexity index is 511. The van der Waals surface area contributed by atoms with Crippen molar-refractivity contribution < 1.29 is 4.42 Å². The maximum atomic E-state index is 5.11. The fourth-order valence-electron chi connectivity index (χ4n) is 2.36. The van der Waals surface area contributed by atoms with E-state index in [2.05, 4.69) is 28.4 Å². The Kier molecular flexibility index (Phi) is 3.64. The molecule has 94 valence electrons. The first-order chi connectivity index (χ1) is 8.92. The predicted molar refractivity (Wildman–Crippen MR) is 71.8 cm³/mol. The van der Waals surface area contributed by atoms with Crippen molar-refractivity contribution in [2.24, 2.45) is 0 Å². The summed E-state index contributed by atoms with van der Waals surface area (Å²) in [5.74, 6) is 1.84. The lowest BCUT2D eigenvalue weighted by Crippen LogP contribution is -1.89. The van der Waals surface area contributed by atoms with E-state index in [0.29, 0.717) is 0 Å². The lowest BCUT2D eigenvalue weighted by atomic mass is 10.1. The largest absolute Gasteiger partial charge is 0.428 e. The van der Waals surface area contributed by atoms with Crippen LogP contribution in [0.2, 0.25) is 0 Å². The van der Waals surface area contributed by atoms with E-state index < -0.39 is 0 Å². The molecule has 0 bridgehead atoms. The zero-order valence-electron chi connectivity index (χ0n) is 10.3. The molecule has 1 aliphatic rings. The fourth-order valence-corrected chi connectivity index (χ4v) is 3.27. The minimum Gasteiger partial charge on any atom is -0.428 e. The van der Waals surface area contributed by atoms with Crippen molar-refractivity contribution in [2.45, 2.75) is 37.0 Å². The van der Waals surface area contributed by atoms with Gasteiger partial charge in [0.1, 0.15) is 0 Å². The van der Waals surface area contributed by atoms with Crippen LogP contribution >= 0.6 is 11.8 Å². The number of hydrogen-bond acceptors (Lipinski definition) is 4. The lowest BCUT2D eigenvalue weighted by molar-refractivity contribution is 0.490. The van der Waals surface area contributed by atoms with Gasteiger partial charge in [0.2, 0.25) is 12.3 Å². The van der Waals surface area contributed by atoms with Crippen molar-refractivity contribution >= 4 is 11.8 Å². The third kappa shape index (κ3) is 2.75. The second-order valence-electron chi connectivity index (χ2n) is 4.57. The summed E-state index contributed by atoms with van der Waals surface area (Å²) in [6.45, 7) is 0. The summed E-state index contributed by atoms with van der Waals surface area (Å²) in [5, 5.41) is 7.56. The maximum absolute atomic E-state index is 5.11. The van der Waals surface area contributed by atoms with Crippen molar-refractivity contribution in [2.75, 3.05) is 5.75 Å². The van der Waals surface area contributed by atoms with Crippen LogP contribution in [0.5, 0.6) is 0 Å². The predicted octanol–water partition coefficient (Wildman–Crippen LogP) is 3.28. The molecule has 0 radical (unpaired) electrons. The number of fused-ring (bicyclic) bond motifs is 1. The van der Waals surface area contributed by atoms with Crippen molar-refractivity contribution in [3.8, 4) is 0 Å². The second-order valence-corrected chi connectivity index (χ2v) is 5.74. The normalized spacial score (nSPS) is 13.8. The van der Waals surface area contributed by atoms with Gasteiger partial charge in [-0.15, -0.1) is 22.0 Å². The van der Waals surface area contributed by atoms with Gasteiger partial charge in [-0.3, -0.25) is 0 Å². The summed E-state index contributed by atoms with van der Waals surface area (Å²) < 4.78 is 5.11. The molecule has 3 rings (SSSR count). The topological polar surface area (TPSA) is 38.9 Å². The molecule has 0 amide bonds. The minimum atomic E-state index is 0.740. The first kappa shape index (κ1) is 11.8. The smallest absolute Gasteiger partial charge is 0.216 e. The van der Waals surface area contributed by atoms with Gasteiger partial charge < -0.3 is 4.42 Å². The van der Waals surface area contributed by atoms with Crippen LogP contribution in [-0.2, 0) is 19.3 Å². The molecule has 0 spiro atoms. The van der Waals surface area contributed by atoms with Crippen LogP contribution in [0.1, 0.15) is 29.9 Å². The van der Waals surface area contributed by atoms with Gasteiger partial charge in [0.05, 0.1) is 0 Å². The Morgan fingerprint density at radius 3 is 3.06 bits per heavy atom. The summed E-state index contributed by atoms with van der Waals surface area (Å²) >= 11 is 1.92. The molecule has 0 saturated carbocycles. The van der Waals surface area contributed by atoms with Gasteiger partial charge in [-0.2, -0.15) is 0 Å². The molecule has 0 unspecified atom stereocenters. The first-order valence-corrected chi connectivity index (χ1v) is 7.40. The summed E-state index contributed by atoms with van der Waals surface area (Å²) in [6, 6.07) is 6.91. The summed E-state index contributed by atoms with van der Waals surface area (Å²) in [5.41, 5.74) is 3.10. The van der Waals surface area contributed by atoms with E-state index in [4.69, 9.17) is 4.42 Å². The van der Waals surface area contributed by atoms with Crippen molar-refractivity contribution in [1.29, 1.82) is 0 Å². The highest BCUT2D eigenvalue weighted by Gasteiger charge is 2.10. The van der Waals surface area contributed by atoms with E-state index in [-0.39, 0.29) is 0 Å². The molecule has 1 heterocycles. The Morgan fingerprint density at radius 1 is 1.22 bits per heavy atom. The van der Waals surface area contributed by atoms with Crippen molar-refractivity contribution in [3.05, 3.63) is 41.6 Å². The molecule has 0 fully saturated rings. The Hall–Kier alpha value is -1.29. The molecule has 0 aliphatic heterocycles. The van der Waals surface area contributed by atoms with Gasteiger partial charge in [0.15, 0.2) is 0 Å². The number of benzene rings is 1. The van der Waals surface area contributed by atoms with E-state index >= 15 is 0 Å². The average molecular weight is 260 g/mol. The Balaban J connectivity index is 1.48. The zero-order chi connectivity index (χ0) is 12.2. The number of nitrogens with zero attached hydrogens (tertiary/aromatic N) is 2. The fraction of sp³-hybridized carbons (Fsp3) is 0.429. The number of aryl methyl sites for hydroxylation is 3. The van der Waals surface area contributed by atoms with Crippen LogP contribution in [0.25, 0.3) is 0 Å². The molecule has 1 aromatic heterocycles. The lowest BCUT2D eigenvalue weighted by Gasteiger charge is -2.04. The molecule has 1 aliphatic carbocycles. The van der Waals surface area contributed by atoms with E-state index in [9.17, 15) is 0 Å². The van der Waals surface area contributed by atoms with Gasteiger partial charge in [0, 0.05) is 11.3 Å². The van der Waals surface area contributed by atoms with Crippen LogP contribution in [0.15, 0.2) is 33.9 Å². The van der Waals surface area contributed by atoms with Gasteiger partial charge in [-0.25, -0.2) is 0 Å². The summed E-state index contributed by atoms with van der Waals surface area (Å²) in [7, 11) is 0. The van der Waals surface area contributed by atoms with Gasteiger partial charge >= 0.3 is 0 Å². The monoisotopic (exact) mass is 260 g/mol. The standard InChI is InChI=1S/C14H16N2OS/c1-3-11-6-7-13(9-12(11)4-1)18-8-2-5-14-16-15-10-17-14/h6-7,9-10H,1-5,8H2. The second kappa shape index (κ2) is 5.57. The van der Waals surface area contributed by atoms with Crippen LogP contribution in [0.4, 0.5) is 0 Å². The quantitative estimate of drug-likeness (QED) is 0.611. The minimum absolute atomic E-state index is 0.740. The molecule has 0 atom stereocenters. The number of rotatable bonds is 5. The molecule has 3 nitrogen and oxygen atoms in total. The SMILES string of the molecule is c1nnc(CCCSc2ccc3c(c2)CCC3)o1. The van der Waals surface area contributed by atoms with Gasteiger partial charge in [-0.1, -0.05) is 6.07 Å². The molecule has 18 heavy (non-hydrogen) atoms. The van der Waals surface area contributed by atoms with E-state index in [1.54, 1.807) is 11.1 Å². The third-order valence-corrected chi connectivity index (χ3v) is 4.36. The molecule has 2 aromatic rings. The number of hydrogen-bond donors (Lipinski definition) is 0. The van der Waals surface area contributed by atoms with Crippen molar-refractivity contribution in [1.82, 2.24) is 10.2 Å². The van der Waals surface area contributed by atoms with E-state index in [0.717, 1.165) is 24.5 Å². The van der Waals surface area contributed by atoms with Crippen molar-refractivity contribution in [3.63, 3.8) is 0 Å². The zero-order valence-corrected chi connectivity index (χ0v) is 11.1. The Morgan fingerprint density at radius 2 is 2.17 bits per heavy atom. The highest BCUT2D eigenvalue weighted by atomic mass is 32.2. The highest BCUT2D eigenvalue weighted by molar-refractivity contribution is 7.99. The molecule has 0 saturated heterocycles. The maximum Gasteiger partial charge on any atom is 0.216 e. The van der Waals surface area contributed by atoms with Crippen LogP contribution in [0, 0.1) is 0 Å². The Labute approximate surface area is 111 Å². The van der Waals surface area contributed by atoms with Gasteiger partial charge in [0.25, 0.3) is 0 Å². The molecule has 1 aromatic carbocycles. The summed E-state index contributed by atoms with van der Waals surface area (Å²) in [6.07, 6.45) is 7.18. The van der Waals surface area contributed by atoms with Crippen LogP contribution < -0.4 is 0 Å². The molecule has 0 N–H and O–H groups in total. The van der Waals surface area contributed by atoms with Crippen LogP contribution in [-0.4, -0.2) is 16.0 Å². The van der Waals surface area contributed by atoms with Crippen LogP contribution in [0.3, 0.4) is 0 Å². The van der Waals surface area contributed by atoms with E-state index in [1.165, 1.54) is 30.6 Å². The highest BCUT2D eigenvalue weighted by Crippen LogP contribution is 2.27. The molecular weight excluding hydrogens is 244 g/mol. The average Bonchev–Trinajstić information content (AvgIpc) is 3.05. The number of thioether (sulfide) groups is 1. The first-order valence-electron chi connectivity index (χ1n) is 6.41.